The Labute approximate surface area is 171 Å². The Bertz CT molecular complexity index is 862. The van der Waals surface area contributed by atoms with Crippen LogP contribution in [0.25, 0.3) is 11.1 Å². The summed E-state index contributed by atoms with van der Waals surface area (Å²) in [6.07, 6.45) is -0.526. The molecule has 29 heavy (non-hydrogen) atoms. The molecular formula is C23H28N2O4. The fourth-order valence-electron chi connectivity index (χ4n) is 4.32. The molecule has 0 aliphatic carbocycles. The van der Waals surface area contributed by atoms with Gasteiger partial charge in [-0.05, 0) is 41.8 Å². The predicted octanol–water partition coefficient (Wildman–Crippen LogP) is 2.19. The van der Waals surface area contributed by atoms with Gasteiger partial charge < -0.3 is 19.5 Å². The van der Waals surface area contributed by atoms with Gasteiger partial charge in [0.15, 0.2) is 0 Å². The fourth-order valence-corrected chi connectivity index (χ4v) is 4.32. The lowest BCUT2D eigenvalue weighted by Crippen LogP contribution is -2.49. The van der Waals surface area contributed by atoms with Crippen LogP contribution in [0.5, 0.6) is 5.75 Å². The molecule has 2 aliphatic heterocycles. The van der Waals surface area contributed by atoms with Crippen LogP contribution in [0.4, 0.5) is 0 Å². The summed E-state index contributed by atoms with van der Waals surface area (Å²) in [5, 5.41) is 10.6. The molecule has 1 amide bonds. The maximum Gasteiger partial charge on any atom is 0.254 e. The lowest BCUT2D eigenvalue weighted by atomic mass is 9.96. The zero-order chi connectivity index (χ0) is 20.4. The average Bonchev–Trinajstić information content (AvgIpc) is 3.16. The van der Waals surface area contributed by atoms with Crippen molar-refractivity contribution >= 4 is 5.91 Å². The number of ether oxygens (including phenoxy) is 2. The largest absolute Gasteiger partial charge is 0.497 e. The van der Waals surface area contributed by atoms with Crippen LogP contribution in [0.3, 0.4) is 0 Å². The number of amides is 1. The van der Waals surface area contributed by atoms with Crippen molar-refractivity contribution in [1.29, 1.82) is 0 Å². The number of likely N-dealkylation sites (tertiary alicyclic amines) is 1. The molecule has 0 bridgehead atoms. The van der Waals surface area contributed by atoms with Crippen molar-refractivity contribution in [1.82, 2.24) is 9.80 Å². The number of nitrogens with zero attached hydrogens (tertiary/aromatic N) is 2. The van der Waals surface area contributed by atoms with Crippen LogP contribution in [0.15, 0.2) is 42.5 Å². The summed E-state index contributed by atoms with van der Waals surface area (Å²) in [7, 11) is 1.65. The number of β-amino-alcohol motifs (C(OH)–C–C–N with tert-alkyl or cyclic N) is 1. The molecule has 0 radical (unpaired) electrons. The van der Waals surface area contributed by atoms with Gasteiger partial charge in [-0.1, -0.05) is 24.3 Å². The van der Waals surface area contributed by atoms with Crippen molar-refractivity contribution in [3.05, 3.63) is 53.6 Å². The van der Waals surface area contributed by atoms with E-state index >= 15 is 0 Å². The second kappa shape index (κ2) is 8.53. The Morgan fingerprint density at radius 3 is 2.52 bits per heavy atom. The zero-order valence-electron chi connectivity index (χ0n) is 17.0. The highest BCUT2D eigenvalue weighted by Gasteiger charge is 2.38. The van der Waals surface area contributed by atoms with Gasteiger partial charge in [-0.3, -0.25) is 9.69 Å². The monoisotopic (exact) mass is 396 g/mol. The Balaban J connectivity index is 1.54. The number of morpholine rings is 1. The van der Waals surface area contributed by atoms with E-state index in [0.717, 1.165) is 35.5 Å². The summed E-state index contributed by atoms with van der Waals surface area (Å²) >= 11 is 0. The normalized spacial score (nSPS) is 22.7. The number of benzene rings is 2. The topological polar surface area (TPSA) is 62.2 Å². The lowest BCUT2D eigenvalue weighted by molar-refractivity contribution is -0.00611. The van der Waals surface area contributed by atoms with Crippen molar-refractivity contribution in [3.63, 3.8) is 0 Å². The average molecular weight is 396 g/mol. The van der Waals surface area contributed by atoms with Gasteiger partial charge in [0.25, 0.3) is 5.91 Å². The van der Waals surface area contributed by atoms with E-state index in [0.29, 0.717) is 31.9 Å². The van der Waals surface area contributed by atoms with Crippen LogP contribution in [0.2, 0.25) is 0 Å². The van der Waals surface area contributed by atoms with Crippen molar-refractivity contribution in [2.24, 2.45) is 0 Å². The van der Waals surface area contributed by atoms with Gasteiger partial charge in [0.1, 0.15) is 5.75 Å². The van der Waals surface area contributed by atoms with E-state index < -0.39 is 6.10 Å². The number of aliphatic hydroxyl groups is 1. The van der Waals surface area contributed by atoms with Crippen LogP contribution in [-0.4, -0.2) is 79.5 Å². The highest BCUT2D eigenvalue weighted by atomic mass is 16.5. The Hall–Kier alpha value is -2.41. The van der Waals surface area contributed by atoms with E-state index in [9.17, 15) is 9.90 Å². The fraction of sp³-hybridized carbons (Fsp3) is 0.435. The van der Waals surface area contributed by atoms with Crippen molar-refractivity contribution in [3.8, 4) is 16.9 Å². The molecule has 2 heterocycles. The molecule has 2 saturated heterocycles. The maximum atomic E-state index is 13.3. The molecular weight excluding hydrogens is 368 g/mol. The molecule has 2 fully saturated rings. The van der Waals surface area contributed by atoms with Gasteiger partial charge in [-0.2, -0.15) is 0 Å². The molecule has 0 saturated carbocycles. The molecule has 2 aromatic rings. The predicted molar refractivity (Wildman–Crippen MR) is 111 cm³/mol. The van der Waals surface area contributed by atoms with Crippen LogP contribution in [-0.2, 0) is 4.74 Å². The molecule has 1 N–H and O–H groups in total. The number of carbonyl (C=O) groups excluding carboxylic acids is 1. The number of hydrogen-bond donors (Lipinski definition) is 1. The third-order valence-electron chi connectivity index (χ3n) is 6.03. The van der Waals surface area contributed by atoms with E-state index in [-0.39, 0.29) is 11.9 Å². The van der Waals surface area contributed by atoms with Crippen LogP contribution in [0, 0.1) is 6.92 Å². The smallest absolute Gasteiger partial charge is 0.254 e. The zero-order valence-corrected chi connectivity index (χ0v) is 17.0. The second-order valence-electron chi connectivity index (χ2n) is 7.70. The van der Waals surface area contributed by atoms with Gasteiger partial charge in [-0.15, -0.1) is 0 Å². The summed E-state index contributed by atoms with van der Waals surface area (Å²) in [6, 6.07) is 13.7. The van der Waals surface area contributed by atoms with Crippen molar-refractivity contribution in [2.45, 2.75) is 19.1 Å². The molecule has 6 heteroatoms. The van der Waals surface area contributed by atoms with Crippen LogP contribution < -0.4 is 4.74 Å². The molecule has 154 valence electrons. The number of hydrogen-bond acceptors (Lipinski definition) is 5. The summed E-state index contributed by atoms with van der Waals surface area (Å²) in [6.45, 7) is 5.86. The van der Waals surface area contributed by atoms with Gasteiger partial charge in [0.2, 0.25) is 0 Å². The van der Waals surface area contributed by atoms with Crippen molar-refractivity contribution in [2.75, 3.05) is 46.5 Å². The Kier molecular flexibility index (Phi) is 5.85. The van der Waals surface area contributed by atoms with E-state index in [1.54, 1.807) is 12.0 Å². The number of aliphatic hydroxyl groups excluding tert-OH is 1. The van der Waals surface area contributed by atoms with Crippen LogP contribution >= 0.6 is 0 Å². The summed E-state index contributed by atoms with van der Waals surface area (Å²) in [4.78, 5) is 17.3. The number of methoxy groups -OCH3 is 1. The van der Waals surface area contributed by atoms with E-state index in [1.807, 2.05) is 49.4 Å². The Morgan fingerprint density at radius 2 is 1.83 bits per heavy atom. The first-order valence-electron chi connectivity index (χ1n) is 10.1. The molecule has 0 unspecified atom stereocenters. The molecule has 6 nitrogen and oxygen atoms in total. The van der Waals surface area contributed by atoms with Crippen LogP contribution in [0.1, 0.15) is 15.9 Å². The first-order valence-corrected chi connectivity index (χ1v) is 10.1. The van der Waals surface area contributed by atoms with Gasteiger partial charge >= 0.3 is 0 Å². The second-order valence-corrected chi connectivity index (χ2v) is 7.70. The Morgan fingerprint density at radius 1 is 1.10 bits per heavy atom. The van der Waals surface area contributed by atoms with Crippen molar-refractivity contribution < 1.29 is 19.4 Å². The van der Waals surface area contributed by atoms with E-state index in [2.05, 4.69) is 4.90 Å². The minimum Gasteiger partial charge on any atom is -0.497 e. The van der Waals surface area contributed by atoms with E-state index in [4.69, 9.17) is 9.47 Å². The summed E-state index contributed by atoms with van der Waals surface area (Å²) in [5.41, 5.74) is 3.72. The standard InChI is InChI=1S/C23H28N2O4/c1-16-19(17-6-8-18(28-2)9-7-17)4-3-5-20(16)23(27)25-14-21(22(26)15-25)24-10-12-29-13-11-24/h3-9,21-22,26H,10-15H2,1-2H3/t21-,22-/m0/s1. The number of rotatable bonds is 4. The summed E-state index contributed by atoms with van der Waals surface area (Å²) < 4.78 is 10.7. The minimum absolute atomic E-state index is 0.0204. The van der Waals surface area contributed by atoms with E-state index in [1.165, 1.54) is 0 Å². The summed E-state index contributed by atoms with van der Waals surface area (Å²) in [5.74, 6) is 0.784. The number of carbonyl (C=O) groups is 1. The molecule has 2 aromatic carbocycles. The maximum absolute atomic E-state index is 13.3. The molecule has 2 aliphatic rings. The first-order chi connectivity index (χ1) is 14.1. The van der Waals surface area contributed by atoms with Gasteiger partial charge in [0.05, 0.1) is 32.5 Å². The SMILES string of the molecule is COc1ccc(-c2cccc(C(=O)N3C[C@H](O)[C@@H](N4CCOCC4)C3)c2C)cc1. The lowest BCUT2D eigenvalue weighted by Gasteiger charge is -2.33. The molecule has 2 atom stereocenters. The molecule has 4 rings (SSSR count). The van der Waals surface area contributed by atoms with Gasteiger partial charge in [0, 0.05) is 31.7 Å². The molecule has 0 spiro atoms. The molecule has 0 aromatic heterocycles. The minimum atomic E-state index is -0.526. The highest BCUT2D eigenvalue weighted by Crippen LogP contribution is 2.29. The third-order valence-corrected chi connectivity index (χ3v) is 6.03. The van der Waals surface area contributed by atoms with Gasteiger partial charge in [-0.25, -0.2) is 0 Å². The highest BCUT2D eigenvalue weighted by molar-refractivity contribution is 5.97. The first kappa shape index (κ1) is 19.9. The quantitative estimate of drug-likeness (QED) is 0.859. The third kappa shape index (κ3) is 4.01.